The van der Waals surface area contributed by atoms with E-state index in [1.165, 1.54) is 0 Å². The summed E-state index contributed by atoms with van der Waals surface area (Å²) in [5, 5.41) is 0. The van der Waals surface area contributed by atoms with E-state index in [4.69, 9.17) is 19.2 Å². The van der Waals surface area contributed by atoms with Gasteiger partial charge >= 0.3 is 6.09 Å². The summed E-state index contributed by atoms with van der Waals surface area (Å²) in [4.78, 5) is 19.1. The van der Waals surface area contributed by atoms with Crippen LogP contribution < -0.4 is 4.74 Å². The summed E-state index contributed by atoms with van der Waals surface area (Å²) in [7, 11) is 0. The molecule has 0 aromatic heterocycles. The van der Waals surface area contributed by atoms with Gasteiger partial charge in [0.25, 0.3) is 0 Å². The molecule has 6 nitrogen and oxygen atoms in total. The van der Waals surface area contributed by atoms with Gasteiger partial charge in [-0.3, -0.25) is 0 Å². The number of carbonyl (C=O) groups is 1. The molecule has 2 aliphatic rings. The van der Waals surface area contributed by atoms with Crippen molar-refractivity contribution in [2.75, 3.05) is 13.1 Å². The Labute approximate surface area is 199 Å². The third-order valence-electron chi connectivity index (χ3n) is 5.78. The molecule has 5 rings (SSSR count). The first-order valence-corrected chi connectivity index (χ1v) is 11.4. The van der Waals surface area contributed by atoms with Gasteiger partial charge in [0, 0.05) is 12.1 Å². The molecular weight excluding hydrogens is 428 g/mol. The van der Waals surface area contributed by atoms with Gasteiger partial charge in [0.2, 0.25) is 5.90 Å². The molecule has 0 fully saturated rings. The van der Waals surface area contributed by atoms with E-state index in [2.05, 4.69) is 0 Å². The molecule has 2 aliphatic heterocycles. The van der Waals surface area contributed by atoms with Gasteiger partial charge in [-0.2, -0.15) is 0 Å². The molecule has 1 amide bonds. The average molecular weight is 455 g/mol. The molecule has 0 N–H and O–H groups in total. The van der Waals surface area contributed by atoms with E-state index in [0.717, 1.165) is 22.4 Å². The van der Waals surface area contributed by atoms with E-state index in [1.807, 2.05) is 97.1 Å². The minimum Gasteiger partial charge on any atom is -0.489 e. The lowest BCUT2D eigenvalue weighted by atomic mass is 10.2. The van der Waals surface area contributed by atoms with Gasteiger partial charge in [0.05, 0.1) is 6.54 Å². The Bertz CT molecular complexity index is 1160. The fourth-order valence-electron chi connectivity index (χ4n) is 3.93. The maximum absolute atomic E-state index is 12.6. The number of hydrogen-bond donors (Lipinski definition) is 0. The first-order chi connectivity index (χ1) is 16.7. The lowest BCUT2D eigenvalue weighted by Crippen LogP contribution is -2.38. The van der Waals surface area contributed by atoms with Crippen molar-refractivity contribution >= 4 is 12.0 Å². The highest BCUT2D eigenvalue weighted by molar-refractivity contribution is 5.95. The number of aliphatic imine (C=N–C) groups is 1. The zero-order chi connectivity index (χ0) is 23.2. The van der Waals surface area contributed by atoms with Gasteiger partial charge in [0.1, 0.15) is 31.1 Å². The highest BCUT2D eigenvalue weighted by Crippen LogP contribution is 2.24. The number of fused-ring (bicyclic) bond motifs is 1. The summed E-state index contributed by atoms with van der Waals surface area (Å²) in [6.07, 6.45) is 3.37. The van der Waals surface area contributed by atoms with Crippen molar-refractivity contribution in [2.45, 2.75) is 25.4 Å². The molecular formula is C28H26N2O4. The Morgan fingerprint density at radius 3 is 2.29 bits per heavy atom. The maximum Gasteiger partial charge on any atom is 0.410 e. The predicted molar refractivity (Wildman–Crippen MR) is 130 cm³/mol. The van der Waals surface area contributed by atoms with E-state index >= 15 is 0 Å². The Hall–Kier alpha value is -4.06. The van der Waals surface area contributed by atoms with Crippen LogP contribution >= 0.6 is 0 Å². The second-order valence-corrected chi connectivity index (χ2v) is 8.26. The second kappa shape index (κ2) is 10.3. The molecule has 0 spiro atoms. The lowest BCUT2D eigenvalue weighted by molar-refractivity contribution is 0.0962. The van der Waals surface area contributed by atoms with E-state index in [9.17, 15) is 4.79 Å². The summed E-state index contributed by atoms with van der Waals surface area (Å²) >= 11 is 0. The van der Waals surface area contributed by atoms with Crippen LogP contribution in [0.2, 0.25) is 0 Å². The number of benzene rings is 3. The molecule has 3 aromatic carbocycles. The van der Waals surface area contributed by atoms with Crippen LogP contribution in [0.1, 0.15) is 16.7 Å². The third-order valence-corrected chi connectivity index (χ3v) is 5.78. The number of amides is 1. The van der Waals surface area contributed by atoms with Crippen LogP contribution in [0.25, 0.3) is 0 Å². The number of ether oxygens (including phenoxy) is 3. The van der Waals surface area contributed by atoms with Crippen molar-refractivity contribution < 1.29 is 19.0 Å². The average Bonchev–Trinajstić information content (AvgIpc) is 3.18. The Morgan fingerprint density at radius 2 is 1.59 bits per heavy atom. The van der Waals surface area contributed by atoms with E-state index in [1.54, 1.807) is 4.90 Å². The molecule has 0 aliphatic carbocycles. The maximum atomic E-state index is 12.6. The molecule has 0 saturated heterocycles. The van der Waals surface area contributed by atoms with Crippen LogP contribution in [-0.2, 0) is 22.7 Å². The molecule has 0 unspecified atom stereocenters. The van der Waals surface area contributed by atoms with E-state index in [-0.39, 0.29) is 24.8 Å². The number of hydrogen-bond acceptors (Lipinski definition) is 5. The quantitative estimate of drug-likeness (QED) is 0.493. The molecule has 2 heterocycles. The molecule has 0 radical (unpaired) electrons. The normalized spacial score (nSPS) is 18.9. The Kier molecular flexibility index (Phi) is 6.56. The van der Waals surface area contributed by atoms with Crippen molar-refractivity contribution in [1.82, 2.24) is 4.90 Å². The van der Waals surface area contributed by atoms with Crippen LogP contribution in [0.15, 0.2) is 102 Å². The minimum atomic E-state index is -0.349. The summed E-state index contributed by atoms with van der Waals surface area (Å²) in [5.74, 6) is 1.36. The SMILES string of the molecule is O=C(OCc1ccccc1)N1CC=C[C@H]2OC(c3ccc(OCc4ccccc4)cc3)=N[C@@H]2C1. The van der Waals surface area contributed by atoms with Crippen molar-refractivity contribution in [1.29, 1.82) is 0 Å². The number of carbonyl (C=O) groups excluding carboxylic acids is 1. The molecule has 6 heteroatoms. The number of nitrogens with zero attached hydrogens (tertiary/aromatic N) is 2. The molecule has 0 bridgehead atoms. The van der Waals surface area contributed by atoms with Gasteiger partial charge in [-0.25, -0.2) is 9.79 Å². The summed E-state index contributed by atoms with van der Waals surface area (Å²) in [5.41, 5.74) is 2.96. The number of rotatable bonds is 6. The predicted octanol–water partition coefficient (Wildman–Crippen LogP) is 4.99. The zero-order valence-electron chi connectivity index (χ0n) is 18.7. The Balaban J connectivity index is 1.19. The zero-order valence-corrected chi connectivity index (χ0v) is 18.7. The summed E-state index contributed by atoms with van der Waals surface area (Å²) in [6, 6.07) is 27.3. The van der Waals surface area contributed by atoms with E-state index in [0.29, 0.717) is 25.6 Å². The van der Waals surface area contributed by atoms with Crippen LogP contribution in [-0.4, -0.2) is 42.1 Å². The smallest absolute Gasteiger partial charge is 0.410 e. The molecule has 172 valence electrons. The van der Waals surface area contributed by atoms with Gasteiger partial charge in [-0.15, -0.1) is 0 Å². The lowest BCUT2D eigenvalue weighted by Gasteiger charge is -2.21. The van der Waals surface area contributed by atoms with Gasteiger partial charge in [0.15, 0.2) is 0 Å². The fourth-order valence-corrected chi connectivity index (χ4v) is 3.93. The fraction of sp³-hybridized carbons (Fsp3) is 0.214. The van der Waals surface area contributed by atoms with Gasteiger partial charge in [-0.05, 0) is 41.5 Å². The van der Waals surface area contributed by atoms with Gasteiger partial charge < -0.3 is 19.1 Å². The van der Waals surface area contributed by atoms with Crippen LogP contribution in [0.5, 0.6) is 5.75 Å². The third kappa shape index (κ3) is 5.29. The first-order valence-electron chi connectivity index (χ1n) is 11.4. The monoisotopic (exact) mass is 454 g/mol. The molecule has 34 heavy (non-hydrogen) atoms. The Morgan fingerprint density at radius 1 is 0.912 bits per heavy atom. The molecule has 0 saturated carbocycles. The second-order valence-electron chi connectivity index (χ2n) is 8.26. The van der Waals surface area contributed by atoms with Crippen molar-refractivity contribution in [2.24, 2.45) is 4.99 Å². The van der Waals surface area contributed by atoms with Crippen molar-refractivity contribution in [3.8, 4) is 5.75 Å². The molecule has 3 aromatic rings. The molecule has 2 atom stereocenters. The van der Waals surface area contributed by atoms with Crippen LogP contribution in [0.4, 0.5) is 4.79 Å². The van der Waals surface area contributed by atoms with Gasteiger partial charge in [-0.1, -0.05) is 66.7 Å². The minimum absolute atomic E-state index is 0.174. The standard InChI is InChI=1S/C28H26N2O4/c31-28(33-20-22-10-5-2-6-11-22)30-17-7-12-26-25(18-30)29-27(34-26)23-13-15-24(16-14-23)32-19-21-8-3-1-4-9-21/h1-16,25-26H,17-20H2/t25-,26-/m1/s1. The van der Waals surface area contributed by atoms with Crippen LogP contribution in [0.3, 0.4) is 0 Å². The largest absolute Gasteiger partial charge is 0.489 e. The van der Waals surface area contributed by atoms with Crippen molar-refractivity contribution in [3.63, 3.8) is 0 Å². The topological polar surface area (TPSA) is 60.4 Å². The highest BCUT2D eigenvalue weighted by atomic mass is 16.6. The first kappa shape index (κ1) is 21.8. The van der Waals surface area contributed by atoms with Crippen molar-refractivity contribution in [3.05, 3.63) is 114 Å². The summed E-state index contributed by atoms with van der Waals surface area (Å²) in [6.45, 7) is 1.68. The van der Waals surface area contributed by atoms with Crippen LogP contribution in [0, 0.1) is 0 Å². The highest BCUT2D eigenvalue weighted by Gasteiger charge is 2.34. The van der Waals surface area contributed by atoms with E-state index < -0.39 is 0 Å². The summed E-state index contributed by atoms with van der Waals surface area (Å²) < 4.78 is 17.5.